The molecule has 2 rings (SSSR count). The maximum Gasteiger partial charge on any atom is 0.234 e. The van der Waals surface area contributed by atoms with Crippen LogP contribution in [0, 0.1) is 22.0 Å². The summed E-state index contributed by atoms with van der Waals surface area (Å²) < 4.78 is 0. The molecule has 0 unspecified atom stereocenters. The molecular weight excluding hydrogens is 286 g/mol. The van der Waals surface area contributed by atoms with E-state index in [1.807, 2.05) is 13.8 Å². The minimum Gasteiger partial charge on any atom is -0.326 e. The summed E-state index contributed by atoms with van der Waals surface area (Å²) in [5.41, 5.74) is 1.21. The van der Waals surface area contributed by atoms with Gasteiger partial charge in [-0.3, -0.25) is 19.7 Å². The summed E-state index contributed by atoms with van der Waals surface area (Å²) in [7, 11) is 0. The Labute approximate surface area is 128 Å². The molecule has 1 aliphatic carbocycles. The van der Waals surface area contributed by atoms with Gasteiger partial charge in [0, 0.05) is 29.1 Å². The van der Waals surface area contributed by atoms with Gasteiger partial charge in [0.1, 0.15) is 5.92 Å². The van der Waals surface area contributed by atoms with Crippen LogP contribution in [0.4, 0.5) is 11.4 Å². The minimum atomic E-state index is -0.755. The van der Waals surface area contributed by atoms with E-state index in [4.69, 9.17) is 0 Å². The Bertz CT molecular complexity index is 583. The van der Waals surface area contributed by atoms with E-state index >= 15 is 0 Å². The number of hydrogen-bond donors (Lipinski definition) is 2. The standard InChI is InChI=1S/C15H19N3O4/c1-9(2)7-14(19)16-10-3-5-11(6-4-10)17-15(20)12-8-13(12)18(21)22/h3-6,9,12-13H,7-8H2,1-2H3,(H,16,19)(H,17,20)/t12-,13-/m0/s1. The van der Waals surface area contributed by atoms with Gasteiger partial charge >= 0.3 is 0 Å². The summed E-state index contributed by atoms with van der Waals surface area (Å²) >= 11 is 0. The van der Waals surface area contributed by atoms with Gasteiger partial charge in [-0.2, -0.15) is 0 Å². The second-order valence-electron chi connectivity index (χ2n) is 5.91. The third-order valence-corrected chi connectivity index (χ3v) is 3.39. The van der Waals surface area contributed by atoms with Gasteiger partial charge < -0.3 is 10.6 Å². The van der Waals surface area contributed by atoms with E-state index in [-0.39, 0.29) is 17.7 Å². The van der Waals surface area contributed by atoms with E-state index in [1.54, 1.807) is 24.3 Å². The van der Waals surface area contributed by atoms with Crippen molar-refractivity contribution in [3.8, 4) is 0 Å². The molecule has 7 nitrogen and oxygen atoms in total. The summed E-state index contributed by atoms with van der Waals surface area (Å²) in [5.74, 6) is -0.649. The average Bonchev–Trinajstić information content (AvgIpc) is 3.20. The highest BCUT2D eigenvalue weighted by Crippen LogP contribution is 2.34. The predicted molar refractivity (Wildman–Crippen MR) is 82.0 cm³/mol. The zero-order valence-electron chi connectivity index (χ0n) is 12.5. The summed E-state index contributed by atoms with van der Waals surface area (Å²) in [6.45, 7) is 3.93. The molecule has 2 atom stereocenters. The summed E-state index contributed by atoms with van der Waals surface area (Å²) in [5, 5.41) is 16.0. The third-order valence-electron chi connectivity index (χ3n) is 3.39. The number of amides is 2. The van der Waals surface area contributed by atoms with Crippen molar-refractivity contribution in [2.24, 2.45) is 11.8 Å². The highest BCUT2D eigenvalue weighted by molar-refractivity contribution is 5.95. The quantitative estimate of drug-likeness (QED) is 0.621. The fraction of sp³-hybridized carbons (Fsp3) is 0.467. The van der Waals surface area contributed by atoms with Gasteiger partial charge in [-0.1, -0.05) is 13.8 Å². The summed E-state index contributed by atoms with van der Waals surface area (Å²) in [4.78, 5) is 33.5. The number of hydrogen-bond acceptors (Lipinski definition) is 4. The van der Waals surface area contributed by atoms with Crippen molar-refractivity contribution >= 4 is 23.2 Å². The molecule has 0 aromatic heterocycles. The van der Waals surface area contributed by atoms with E-state index in [9.17, 15) is 19.7 Å². The van der Waals surface area contributed by atoms with Gasteiger partial charge in [-0.15, -0.1) is 0 Å². The van der Waals surface area contributed by atoms with E-state index in [0.29, 0.717) is 24.2 Å². The lowest BCUT2D eigenvalue weighted by Crippen LogP contribution is -2.18. The van der Waals surface area contributed by atoms with Crippen LogP contribution in [0.2, 0.25) is 0 Å². The Balaban J connectivity index is 1.86. The molecule has 0 aliphatic heterocycles. The Morgan fingerprint density at radius 2 is 1.77 bits per heavy atom. The molecular formula is C15H19N3O4. The minimum absolute atomic E-state index is 0.0569. The molecule has 2 amide bonds. The average molecular weight is 305 g/mol. The van der Waals surface area contributed by atoms with Gasteiger partial charge in [0.05, 0.1) is 0 Å². The fourth-order valence-electron chi connectivity index (χ4n) is 2.15. The van der Waals surface area contributed by atoms with Gasteiger partial charge in [0.25, 0.3) is 0 Å². The number of carbonyl (C=O) groups excluding carboxylic acids is 2. The van der Waals surface area contributed by atoms with Crippen molar-refractivity contribution in [2.75, 3.05) is 10.6 Å². The van der Waals surface area contributed by atoms with Crippen LogP contribution in [-0.4, -0.2) is 22.8 Å². The van der Waals surface area contributed by atoms with Crippen LogP contribution >= 0.6 is 0 Å². The first-order chi connectivity index (χ1) is 10.4. The lowest BCUT2D eigenvalue weighted by Gasteiger charge is -2.08. The first-order valence-corrected chi connectivity index (χ1v) is 7.21. The third kappa shape index (κ3) is 4.28. The lowest BCUT2D eigenvalue weighted by molar-refractivity contribution is -0.497. The maximum absolute atomic E-state index is 11.8. The van der Waals surface area contributed by atoms with Crippen LogP contribution in [0.1, 0.15) is 26.7 Å². The van der Waals surface area contributed by atoms with Gasteiger partial charge in [-0.25, -0.2) is 0 Å². The molecule has 1 aliphatic rings. The topological polar surface area (TPSA) is 101 Å². The lowest BCUT2D eigenvalue weighted by atomic mass is 10.1. The molecule has 7 heteroatoms. The molecule has 0 saturated heterocycles. The molecule has 1 fully saturated rings. The summed E-state index contributed by atoms with van der Waals surface area (Å²) in [6, 6.07) is 5.94. The van der Waals surface area contributed by atoms with E-state index in [2.05, 4.69) is 10.6 Å². The van der Waals surface area contributed by atoms with Crippen LogP contribution in [0.25, 0.3) is 0 Å². The molecule has 0 spiro atoms. The number of carbonyl (C=O) groups is 2. The highest BCUT2D eigenvalue weighted by atomic mass is 16.6. The Morgan fingerprint density at radius 3 is 2.23 bits per heavy atom. The largest absolute Gasteiger partial charge is 0.326 e. The maximum atomic E-state index is 11.8. The SMILES string of the molecule is CC(C)CC(=O)Nc1ccc(NC(=O)[C@H]2C[C@@H]2[N+](=O)[O-])cc1. The number of nitrogens with zero attached hydrogens (tertiary/aromatic N) is 1. The van der Waals surface area contributed by atoms with Gasteiger partial charge in [0.2, 0.25) is 17.9 Å². The van der Waals surface area contributed by atoms with Crippen LogP contribution in [0.5, 0.6) is 0 Å². The molecule has 1 aromatic rings. The molecule has 2 N–H and O–H groups in total. The van der Waals surface area contributed by atoms with Crippen LogP contribution in [0.15, 0.2) is 24.3 Å². The van der Waals surface area contributed by atoms with E-state index in [0.717, 1.165) is 0 Å². The Kier molecular flexibility index (Phi) is 4.75. The number of rotatable bonds is 6. The zero-order valence-corrected chi connectivity index (χ0v) is 12.5. The molecule has 0 heterocycles. The molecule has 22 heavy (non-hydrogen) atoms. The fourth-order valence-corrected chi connectivity index (χ4v) is 2.15. The molecule has 1 aromatic carbocycles. The summed E-state index contributed by atoms with van der Waals surface area (Å²) in [6.07, 6.45) is 0.741. The number of anilines is 2. The van der Waals surface area contributed by atoms with Crippen molar-refractivity contribution < 1.29 is 14.5 Å². The van der Waals surface area contributed by atoms with Crippen molar-refractivity contribution in [3.63, 3.8) is 0 Å². The number of nitrogens with one attached hydrogen (secondary N) is 2. The Hall–Kier alpha value is -2.44. The van der Waals surface area contributed by atoms with Crippen molar-refractivity contribution in [1.82, 2.24) is 0 Å². The van der Waals surface area contributed by atoms with Crippen LogP contribution in [0.3, 0.4) is 0 Å². The van der Waals surface area contributed by atoms with Crippen molar-refractivity contribution in [1.29, 1.82) is 0 Å². The molecule has 118 valence electrons. The predicted octanol–water partition coefficient (Wildman–Crippen LogP) is 2.27. The second-order valence-corrected chi connectivity index (χ2v) is 5.91. The monoisotopic (exact) mass is 305 g/mol. The van der Waals surface area contributed by atoms with Crippen molar-refractivity contribution in [3.05, 3.63) is 34.4 Å². The Morgan fingerprint density at radius 1 is 1.23 bits per heavy atom. The van der Waals surface area contributed by atoms with Crippen molar-refractivity contribution in [2.45, 2.75) is 32.7 Å². The number of benzene rings is 1. The number of nitro groups is 1. The molecule has 1 saturated carbocycles. The van der Waals surface area contributed by atoms with Gasteiger partial charge in [-0.05, 0) is 30.2 Å². The normalized spacial score (nSPS) is 19.6. The smallest absolute Gasteiger partial charge is 0.234 e. The van der Waals surface area contributed by atoms with Crippen LogP contribution < -0.4 is 10.6 Å². The van der Waals surface area contributed by atoms with E-state index in [1.165, 1.54) is 0 Å². The van der Waals surface area contributed by atoms with Gasteiger partial charge in [0.15, 0.2) is 0 Å². The van der Waals surface area contributed by atoms with E-state index < -0.39 is 16.9 Å². The second kappa shape index (κ2) is 6.55. The highest BCUT2D eigenvalue weighted by Gasteiger charge is 2.53. The molecule has 0 bridgehead atoms. The zero-order chi connectivity index (χ0) is 16.3. The molecule has 0 radical (unpaired) electrons. The first-order valence-electron chi connectivity index (χ1n) is 7.21. The first kappa shape index (κ1) is 15.9. The van der Waals surface area contributed by atoms with Crippen LogP contribution in [-0.2, 0) is 9.59 Å².